The van der Waals surface area contributed by atoms with Crippen LogP contribution in [0.15, 0.2) is 42.5 Å². The fraction of sp³-hybridized carbons (Fsp3) is 0.125. The number of nitrogens with one attached hydrogen (secondary N) is 1. The molecule has 0 radical (unpaired) electrons. The van der Waals surface area contributed by atoms with E-state index in [-0.39, 0.29) is 18.3 Å². The van der Waals surface area contributed by atoms with Crippen molar-refractivity contribution in [1.82, 2.24) is 10.3 Å². The Balaban J connectivity index is 1.76. The van der Waals surface area contributed by atoms with E-state index in [0.29, 0.717) is 11.1 Å². The molecule has 0 aliphatic rings. The molecule has 0 aliphatic carbocycles. The Morgan fingerprint density at radius 2 is 2.10 bits per heavy atom. The van der Waals surface area contributed by atoms with E-state index in [0.717, 1.165) is 15.2 Å². The molecule has 0 unspecified atom stereocenters. The first-order valence-corrected chi connectivity index (χ1v) is 7.34. The summed E-state index contributed by atoms with van der Waals surface area (Å²) in [4.78, 5) is 16.5. The molecule has 0 aliphatic heterocycles. The van der Waals surface area contributed by atoms with Gasteiger partial charge in [0.1, 0.15) is 5.82 Å². The molecule has 0 atom stereocenters. The van der Waals surface area contributed by atoms with Gasteiger partial charge in [-0.25, -0.2) is 9.37 Å². The number of thiazole rings is 1. The van der Waals surface area contributed by atoms with Crippen LogP contribution in [0.25, 0.3) is 10.2 Å². The molecule has 3 aromatic rings. The Labute approximate surface area is 125 Å². The SMILES string of the molecule is Cc1nc2ccc(C(=O)NCc3ccccc3F)cc2s1. The lowest BCUT2D eigenvalue weighted by Crippen LogP contribution is -2.23. The molecule has 3 rings (SSSR count). The monoisotopic (exact) mass is 300 g/mol. The molecule has 1 aromatic heterocycles. The van der Waals surface area contributed by atoms with E-state index in [4.69, 9.17) is 0 Å². The molecular formula is C16H13FN2OS. The van der Waals surface area contributed by atoms with Crippen LogP contribution in [0.2, 0.25) is 0 Å². The van der Waals surface area contributed by atoms with Crippen LogP contribution in [-0.2, 0) is 6.54 Å². The minimum Gasteiger partial charge on any atom is -0.348 e. The minimum atomic E-state index is -0.314. The predicted molar refractivity (Wildman–Crippen MR) is 81.9 cm³/mol. The number of rotatable bonds is 3. The van der Waals surface area contributed by atoms with Gasteiger partial charge in [-0.2, -0.15) is 0 Å². The lowest BCUT2D eigenvalue weighted by Gasteiger charge is -2.06. The van der Waals surface area contributed by atoms with E-state index in [9.17, 15) is 9.18 Å². The molecule has 0 saturated heterocycles. The van der Waals surface area contributed by atoms with Crippen molar-refractivity contribution in [2.45, 2.75) is 13.5 Å². The topological polar surface area (TPSA) is 42.0 Å². The standard InChI is InChI=1S/C16H13FN2OS/c1-10-19-14-7-6-11(8-15(14)21-10)16(20)18-9-12-4-2-3-5-13(12)17/h2-8H,9H2,1H3,(H,18,20). The Kier molecular flexibility index (Phi) is 3.66. The van der Waals surface area contributed by atoms with Gasteiger partial charge in [-0.3, -0.25) is 4.79 Å². The molecule has 106 valence electrons. The van der Waals surface area contributed by atoms with Gasteiger partial charge in [0, 0.05) is 17.7 Å². The summed E-state index contributed by atoms with van der Waals surface area (Å²) in [5.74, 6) is -0.530. The zero-order chi connectivity index (χ0) is 14.8. The predicted octanol–water partition coefficient (Wildman–Crippen LogP) is 3.67. The van der Waals surface area contributed by atoms with Crippen LogP contribution in [0.3, 0.4) is 0 Å². The number of halogens is 1. The van der Waals surface area contributed by atoms with Gasteiger partial charge in [-0.1, -0.05) is 18.2 Å². The first kappa shape index (κ1) is 13.7. The number of hydrogen-bond acceptors (Lipinski definition) is 3. The van der Waals surface area contributed by atoms with Crippen molar-refractivity contribution < 1.29 is 9.18 Å². The maximum absolute atomic E-state index is 13.5. The van der Waals surface area contributed by atoms with E-state index < -0.39 is 0 Å². The first-order chi connectivity index (χ1) is 10.1. The fourth-order valence-electron chi connectivity index (χ4n) is 2.10. The van der Waals surface area contributed by atoms with Gasteiger partial charge >= 0.3 is 0 Å². The lowest BCUT2D eigenvalue weighted by atomic mass is 10.2. The molecule has 1 amide bonds. The Bertz CT molecular complexity index is 813. The Morgan fingerprint density at radius 1 is 1.29 bits per heavy atom. The molecule has 0 saturated carbocycles. The van der Waals surface area contributed by atoms with Crippen molar-refractivity contribution in [2.24, 2.45) is 0 Å². The summed E-state index contributed by atoms with van der Waals surface area (Å²) < 4.78 is 14.5. The van der Waals surface area contributed by atoms with Gasteiger partial charge in [0.25, 0.3) is 5.91 Å². The summed E-state index contributed by atoms with van der Waals surface area (Å²) in [6.07, 6.45) is 0. The van der Waals surface area contributed by atoms with Crippen LogP contribution in [0, 0.1) is 12.7 Å². The van der Waals surface area contributed by atoms with E-state index in [1.165, 1.54) is 6.07 Å². The summed E-state index contributed by atoms with van der Waals surface area (Å²) in [5, 5.41) is 3.70. The van der Waals surface area contributed by atoms with Gasteiger partial charge in [-0.15, -0.1) is 11.3 Å². The van der Waals surface area contributed by atoms with E-state index in [1.54, 1.807) is 35.6 Å². The number of carbonyl (C=O) groups is 1. The highest BCUT2D eigenvalue weighted by atomic mass is 32.1. The van der Waals surface area contributed by atoms with Crippen molar-refractivity contribution in [2.75, 3.05) is 0 Å². The number of benzene rings is 2. The molecule has 5 heteroatoms. The first-order valence-electron chi connectivity index (χ1n) is 6.52. The normalized spacial score (nSPS) is 10.8. The molecule has 0 bridgehead atoms. The number of aromatic nitrogens is 1. The largest absolute Gasteiger partial charge is 0.348 e. The highest BCUT2D eigenvalue weighted by molar-refractivity contribution is 7.18. The minimum absolute atomic E-state index is 0.172. The van der Waals surface area contributed by atoms with Crippen molar-refractivity contribution in [1.29, 1.82) is 0 Å². The zero-order valence-electron chi connectivity index (χ0n) is 11.4. The third kappa shape index (κ3) is 2.92. The maximum atomic E-state index is 13.5. The number of nitrogens with zero attached hydrogens (tertiary/aromatic N) is 1. The number of amides is 1. The average Bonchev–Trinajstić information content (AvgIpc) is 2.85. The van der Waals surface area contributed by atoms with Crippen molar-refractivity contribution in [3.05, 3.63) is 64.4 Å². The van der Waals surface area contributed by atoms with Crippen molar-refractivity contribution in [3.63, 3.8) is 0 Å². The Morgan fingerprint density at radius 3 is 2.90 bits per heavy atom. The van der Waals surface area contributed by atoms with Gasteiger partial charge in [0.15, 0.2) is 0 Å². The van der Waals surface area contributed by atoms with E-state index >= 15 is 0 Å². The molecule has 0 spiro atoms. The second-order valence-electron chi connectivity index (χ2n) is 4.69. The summed E-state index contributed by atoms with van der Waals surface area (Å²) in [5.41, 5.74) is 1.92. The molecular weight excluding hydrogens is 287 g/mol. The van der Waals surface area contributed by atoms with Crippen LogP contribution < -0.4 is 5.32 Å². The highest BCUT2D eigenvalue weighted by Gasteiger charge is 2.09. The van der Waals surface area contributed by atoms with Gasteiger partial charge in [-0.05, 0) is 31.2 Å². The van der Waals surface area contributed by atoms with E-state index in [1.807, 2.05) is 19.1 Å². The van der Waals surface area contributed by atoms with Crippen LogP contribution in [0.4, 0.5) is 4.39 Å². The molecule has 21 heavy (non-hydrogen) atoms. The van der Waals surface area contributed by atoms with Crippen LogP contribution >= 0.6 is 11.3 Å². The fourth-order valence-corrected chi connectivity index (χ4v) is 2.97. The summed E-state index contributed by atoms with van der Waals surface area (Å²) in [6, 6.07) is 11.8. The number of aryl methyl sites for hydroxylation is 1. The molecule has 3 nitrogen and oxygen atoms in total. The number of fused-ring (bicyclic) bond motifs is 1. The van der Waals surface area contributed by atoms with Crippen LogP contribution in [-0.4, -0.2) is 10.9 Å². The highest BCUT2D eigenvalue weighted by Crippen LogP contribution is 2.22. The third-order valence-corrected chi connectivity index (χ3v) is 4.09. The van der Waals surface area contributed by atoms with Crippen LogP contribution in [0.1, 0.15) is 20.9 Å². The molecule has 1 N–H and O–H groups in total. The summed E-state index contributed by atoms with van der Waals surface area (Å²) >= 11 is 1.55. The summed E-state index contributed by atoms with van der Waals surface area (Å²) in [7, 11) is 0. The van der Waals surface area contributed by atoms with Gasteiger partial charge in [0.05, 0.1) is 15.2 Å². The molecule has 1 heterocycles. The lowest BCUT2D eigenvalue weighted by molar-refractivity contribution is 0.0951. The average molecular weight is 300 g/mol. The van der Waals surface area contributed by atoms with Gasteiger partial charge < -0.3 is 5.32 Å². The molecule has 2 aromatic carbocycles. The molecule has 0 fully saturated rings. The number of carbonyl (C=O) groups excluding carboxylic acids is 1. The van der Waals surface area contributed by atoms with Crippen LogP contribution in [0.5, 0.6) is 0 Å². The van der Waals surface area contributed by atoms with Gasteiger partial charge in [0.2, 0.25) is 0 Å². The smallest absolute Gasteiger partial charge is 0.251 e. The Hall–Kier alpha value is -2.27. The van der Waals surface area contributed by atoms with Crippen molar-refractivity contribution in [3.8, 4) is 0 Å². The number of hydrogen-bond donors (Lipinski definition) is 1. The van der Waals surface area contributed by atoms with Crippen molar-refractivity contribution >= 4 is 27.5 Å². The second kappa shape index (κ2) is 5.61. The quantitative estimate of drug-likeness (QED) is 0.802. The third-order valence-electron chi connectivity index (χ3n) is 3.15. The maximum Gasteiger partial charge on any atom is 0.251 e. The zero-order valence-corrected chi connectivity index (χ0v) is 12.2. The summed E-state index contributed by atoms with van der Waals surface area (Å²) in [6.45, 7) is 2.11. The second-order valence-corrected chi connectivity index (χ2v) is 5.92. The van der Waals surface area contributed by atoms with E-state index in [2.05, 4.69) is 10.3 Å².